The van der Waals surface area contributed by atoms with Gasteiger partial charge in [0, 0.05) is 26.6 Å². The van der Waals surface area contributed by atoms with E-state index in [-0.39, 0.29) is 24.8 Å². The van der Waals surface area contributed by atoms with Crippen molar-refractivity contribution in [2.24, 2.45) is 0 Å². The minimum Gasteiger partial charge on any atom is -0.497 e. The highest BCUT2D eigenvalue weighted by molar-refractivity contribution is 7.92. The number of ether oxygens (including phenoxy) is 1. The summed E-state index contributed by atoms with van der Waals surface area (Å²) in [4.78, 5) is 26.8. The van der Waals surface area contributed by atoms with Gasteiger partial charge in [-0.15, -0.1) is 0 Å². The quantitative estimate of drug-likeness (QED) is 0.509. The monoisotopic (exact) mass is 475 g/mol. The normalized spacial score (nSPS) is 12.0. The summed E-state index contributed by atoms with van der Waals surface area (Å²) in [6, 6.07) is 15.8. The fourth-order valence-corrected chi connectivity index (χ4v) is 4.50. The second kappa shape index (κ2) is 12.2. The standard InChI is InChI=1S/C24H33N3O5S/c1-19(24(29)25-2)26(18-16-20-9-6-5-7-10-20)23(28)11-8-17-27(33(4,30)31)21-12-14-22(32-3)15-13-21/h5-7,9-10,12-15,19H,8,11,16-18H2,1-4H3,(H,25,29)/t19-/m0/s1. The molecule has 0 spiro atoms. The number of likely N-dealkylation sites (N-methyl/N-ethyl adjacent to an activating group) is 1. The van der Waals surface area contributed by atoms with Gasteiger partial charge < -0.3 is 15.0 Å². The van der Waals surface area contributed by atoms with Crippen LogP contribution in [0.5, 0.6) is 5.75 Å². The Morgan fingerprint density at radius 1 is 1.03 bits per heavy atom. The lowest BCUT2D eigenvalue weighted by Gasteiger charge is -2.29. The average Bonchev–Trinajstić information content (AvgIpc) is 2.81. The van der Waals surface area contributed by atoms with Crippen LogP contribution in [0, 0.1) is 0 Å². The molecule has 0 radical (unpaired) electrons. The average molecular weight is 476 g/mol. The van der Waals surface area contributed by atoms with Gasteiger partial charge in [0.15, 0.2) is 0 Å². The fourth-order valence-electron chi connectivity index (χ4n) is 3.53. The van der Waals surface area contributed by atoms with Gasteiger partial charge in [-0.2, -0.15) is 0 Å². The molecule has 0 fully saturated rings. The molecule has 2 aromatic rings. The number of sulfonamides is 1. The van der Waals surface area contributed by atoms with Crippen molar-refractivity contribution in [3.8, 4) is 5.75 Å². The van der Waals surface area contributed by atoms with E-state index in [1.54, 1.807) is 36.1 Å². The van der Waals surface area contributed by atoms with Gasteiger partial charge in [-0.1, -0.05) is 30.3 Å². The number of amides is 2. The summed E-state index contributed by atoms with van der Waals surface area (Å²) >= 11 is 0. The first-order valence-corrected chi connectivity index (χ1v) is 12.7. The molecule has 0 aliphatic heterocycles. The van der Waals surface area contributed by atoms with Crippen LogP contribution in [0.2, 0.25) is 0 Å². The van der Waals surface area contributed by atoms with Crippen molar-refractivity contribution < 1.29 is 22.7 Å². The maximum atomic E-state index is 13.0. The number of carbonyl (C=O) groups excluding carboxylic acids is 2. The number of hydrogen-bond acceptors (Lipinski definition) is 5. The molecule has 2 aromatic carbocycles. The van der Waals surface area contributed by atoms with Crippen LogP contribution in [0.25, 0.3) is 0 Å². The molecule has 0 heterocycles. The molecule has 0 aliphatic rings. The van der Waals surface area contributed by atoms with E-state index in [0.717, 1.165) is 11.8 Å². The van der Waals surface area contributed by atoms with Crippen molar-refractivity contribution in [2.75, 3.05) is 37.8 Å². The van der Waals surface area contributed by atoms with E-state index in [1.807, 2.05) is 30.3 Å². The maximum absolute atomic E-state index is 13.0. The predicted octanol–water partition coefficient (Wildman–Crippen LogP) is 2.45. The summed E-state index contributed by atoms with van der Waals surface area (Å²) in [6.45, 7) is 2.24. The summed E-state index contributed by atoms with van der Waals surface area (Å²) in [6.07, 6.45) is 2.20. The number of hydrogen-bond donors (Lipinski definition) is 1. The second-order valence-corrected chi connectivity index (χ2v) is 9.66. The SMILES string of the molecule is CNC(=O)[C@H](C)N(CCc1ccccc1)C(=O)CCCN(c1ccc(OC)cc1)S(C)(=O)=O. The molecule has 33 heavy (non-hydrogen) atoms. The Hall–Kier alpha value is -3.07. The van der Waals surface area contributed by atoms with E-state index in [0.29, 0.717) is 30.8 Å². The molecule has 1 atom stereocenters. The van der Waals surface area contributed by atoms with Gasteiger partial charge in [-0.25, -0.2) is 8.42 Å². The van der Waals surface area contributed by atoms with E-state index in [4.69, 9.17) is 4.74 Å². The molecule has 2 amide bonds. The van der Waals surface area contributed by atoms with E-state index >= 15 is 0 Å². The first kappa shape index (κ1) is 26.2. The fraction of sp³-hybridized carbons (Fsp3) is 0.417. The van der Waals surface area contributed by atoms with Gasteiger partial charge >= 0.3 is 0 Å². The molecule has 0 unspecified atom stereocenters. The molecule has 0 bridgehead atoms. The van der Waals surface area contributed by atoms with Crippen molar-refractivity contribution in [2.45, 2.75) is 32.2 Å². The van der Waals surface area contributed by atoms with Crippen LogP contribution in [0.1, 0.15) is 25.3 Å². The largest absolute Gasteiger partial charge is 0.497 e. The smallest absolute Gasteiger partial charge is 0.242 e. The first-order chi connectivity index (χ1) is 15.7. The van der Waals surface area contributed by atoms with Crippen LogP contribution < -0.4 is 14.4 Å². The van der Waals surface area contributed by atoms with Crippen molar-refractivity contribution in [1.29, 1.82) is 0 Å². The van der Waals surface area contributed by atoms with Crippen molar-refractivity contribution in [1.82, 2.24) is 10.2 Å². The number of nitrogens with one attached hydrogen (secondary N) is 1. The summed E-state index contributed by atoms with van der Waals surface area (Å²) in [5.41, 5.74) is 1.58. The van der Waals surface area contributed by atoms with Crippen molar-refractivity contribution >= 4 is 27.5 Å². The van der Waals surface area contributed by atoms with Crippen LogP contribution in [-0.2, 0) is 26.0 Å². The number of rotatable bonds is 12. The highest BCUT2D eigenvalue weighted by Crippen LogP contribution is 2.22. The molecule has 180 valence electrons. The van der Waals surface area contributed by atoms with Crippen LogP contribution in [0.4, 0.5) is 5.69 Å². The lowest BCUT2D eigenvalue weighted by atomic mass is 10.1. The Morgan fingerprint density at radius 3 is 2.21 bits per heavy atom. The zero-order valence-electron chi connectivity index (χ0n) is 19.7. The molecule has 8 nitrogen and oxygen atoms in total. The summed E-state index contributed by atoms with van der Waals surface area (Å²) in [5.74, 6) is 0.192. The topological polar surface area (TPSA) is 96.0 Å². The van der Waals surface area contributed by atoms with Crippen LogP contribution in [0.15, 0.2) is 54.6 Å². The maximum Gasteiger partial charge on any atom is 0.242 e. The van der Waals surface area contributed by atoms with Crippen LogP contribution in [-0.4, -0.2) is 64.7 Å². The highest BCUT2D eigenvalue weighted by atomic mass is 32.2. The lowest BCUT2D eigenvalue weighted by Crippen LogP contribution is -2.48. The number of nitrogens with zero attached hydrogens (tertiary/aromatic N) is 2. The van der Waals surface area contributed by atoms with Gasteiger partial charge in [0.1, 0.15) is 11.8 Å². The van der Waals surface area contributed by atoms with Crippen LogP contribution in [0.3, 0.4) is 0 Å². The molecule has 9 heteroatoms. The second-order valence-electron chi connectivity index (χ2n) is 7.75. The van der Waals surface area contributed by atoms with Gasteiger partial charge in [-0.3, -0.25) is 13.9 Å². The summed E-state index contributed by atoms with van der Waals surface area (Å²) in [5, 5.41) is 2.59. The number of carbonyl (C=O) groups is 2. The van der Waals surface area contributed by atoms with Gasteiger partial charge in [0.05, 0.1) is 19.1 Å². The van der Waals surface area contributed by atoms with Crippen LogP contribution >= 0.6 is 0 Å². The van der Waals surface area contributed by atoms with E-state index in [1.165, 1.54) is 18.5 Å². The minimum absolute atomic E-state index is 0.123. The summed E-state index contributed by atoms with van der Waals surface area (Å²) < 4.78 is 31.1. The molecule has 0 saturated heterocycles. The Bertz CT molecular complexity index is 1010. The zero-order chi connectivity index (χ0) is 24.4. The third-order valence-electron chi connectivity index (χ3n) is 5.41. The van der Waals surface area contributed by atoms with Gasteiger partial charge in [0.2, 0.25) is 21.8 Å². The third kappa shape index (κ3) is 7.78. The third-order valence-corrected chi connectivity index (χ3v) is 6.60. The molecule has 0 aliphatic carbocycles. The molecular formula is C24H33N3O5S. The predicted molar refractivity (Wildman–Crippen MR) is 130 cm³/mol. The number of anilines is 1. The molecular weight excluding hydrogens is 442 g/mol. The Balaban J connectivity index is 2.07. The van der Waals surface area contributed by atoms with E-state index < -0.39 is 16.1 Å². The highest BCUT2D eigenvalue weighted by Gasteiger charge is 2.25. The number of benzene rings is 2. The van der Waals surface area contributed by atoms with Gasteiger partial charge in [0.25, 0.3) is 0 Å². The molecule has 2 rings (SSSR count). The van der Waals surface area contributed by atoms with Crippen molar-refractivity contribution in [3.05, 3.63) is 60.2 Å². The van der Waals surface area contributed by atoms with E-state index in [2.05, 4.69) is 5.32 Å². The Labute approximate surface area is 196 Å². The van der Waals surface area contributed by atoms with Crippen molar-refractivity contribution in [3.63, 3.8) is 0 Å². The zero-order valence-corrected chi connectivity index (χ0v) is 20.5. The number of methoxy groups -OCH3 is 1. The summed E-state index contributed by atoms with van der Waals surface area (Å²) in [7, 11) is -0.453. The molecule has 0 aromatic heterocycles. The lowest BCUT2D eigenvalue weighted by molar-refractivity contribution is -0.139. The van der Waals surface area contributed by atoms with Gasteiger partial charge in [-0.05, 0) is 49.6 Å². The van der Waals surface area contributed by atoms with E-state index in [9.17, 15) is 18.0 Å². The molecule has 0 saturated carbocycles. The minimum atomic E-state index is -3.53. The first-order valence-electron chi connectivity index (χ1n) is 10.8. The molecule has 1 N–H and O–H groups in total. The Kier molecular flexibility index (Phi) is 9.72. The Morgan fingerprint density at radius 2 is 1.67 bits per heavy atom.